The second-order valence-corrected chi connectivity index (χ2v) is 12.1. The Labute approximate surface area is 247 Å². The van der Waals surface area contributed by atoms with Gasteiger partial charge in [-0.25, -0.2) is 19.3 Å². The number of pyridine rings is 1. The minimum absolute atomic E-state index is 0.0316. The third kappa shape index (κ3) is 4.45. The number of carboxylic acids is 1. The molecule has 1 aliphatic rings. The molecule has 0 spiro atoms. The number of nitrogen functional groups attached to an aromatic ring is 1. The van der Waals surface area contributed by atoms with Gasteiger partial charge in [0, 0.05) is 28.4 Å². The standard InChI is InChI=1S/C28H24ClFN8O3S/c1-27(2,26(40)41)10-14-12-42-25(33-14)28(3)19-21(31)34-23(35-22(19)36-24(28)39)20-15-7-6-13(29)9-18(15)38(37-20)11-17-16(30)5-4-8-32-17/h4-9,12H,10-11H2,1-3H3,(H,40,41)(H3,31,34,35,36,39). The Morgan fingerprint density at radius 1 is 1.26 bits per heavy atom. The molecule has 0 radical (unpaired) electrons. The van der Waals surface area contributed by atoms with Crippen LogP contribution in [0.5, 0.6) is 0 Å². The number of nitrogens with two attached hydrogens (primary N) is 1. The molecule has 0 bridgehead atoms. The number of carboxylic acid groups (broad SMARTS) is 1. The summed E-state index contributed by atoms with van der Waals surface area (Å²) in [5.41, 5.74) is 6.27. The van der Waals surface area contributed by atoms with Crippen molar-refractivity contribution in [1.29, 1.82) is 0 Å². The number of anilines is 2. The lowest BCUT2D eigenvalue weighted by Gasteiger charge is -2.20. The van der Waals surface area contributed by atoms with Gasteiger partial charge in [0.25, 0.3) is 0 Å². The number of nitrogens with one attached hydrogen (secondary N) is 1. The average molecular weight is 607 g/mol. The third-order valence-electron chi connectivity index (χ3n) is 7.36. The molecule has 1 aliphatic heterocycles. The summed E-state index contributed by atoms with van der Waals surface area (Å²) >= 11 is 7.52. The maximum Gasteiger partial charge on any atom is 0.309 e. The molecule has 1 unspecified atom stereocenters. The molecule has 0 saturated heterocycles. The zero-order valence-corrected chi connectivity index (χ0v) is 24.2. The summed E-state index contributed by atoms with van der Waals surface area (Å²) in [5, 5.41) is 20.3. The number of aliphatic carboxylic acids is 1. The lowest BCUT2D eigenvalue weighted by molar-refractivity contribution is -0.146. The van der Waals surface area contributed by atoms with E-state index in [4.69, 9.17) is 17.3 Å². The molecule has 42 heavy (non-hydrogen) atoms. The number of fused-ring (bicyclic) bond motifs is 2. The topological polar surface area (TPSA) is 162 Å². The highest BCUT2D eigenvalue weighted by atomic mass is 35.5. The first-order valence-electron chi connectivity index (χ1n) is 12.8. The van der Waals surface area contributed by atoms with Gasteiger partial charge in [-0.3, -0.25) is 19.3 Å². The SMILES string of the molecule is CC(C)(Cc1csc(C2(C)C(=O)Nc3nc(-c4nn(Cc5ncccc5F)c5cc(Cl)ccc45)nc(N)c32)n1)C(=O)O. The summed E-state index contributed by atoms with van der Waals surface area (Å²) in [6, 6.07) is 7.99. The van der Waals surface area contributed by atoms with E-state index in [-0.39, 0.29) is 42.0 Å². The molecule has 4 aromatic heterocycles. The predicted molar refractivity (Wildman–Crippen MR) is 156 cm³/mol. The Bertz CT molecular complexity index is 1920. The fraction of sp³-hybridized carbons (Fsp3) is 0.250. The molecule has 0 fully saturated rings. The fourth-order valence-corrected chi connectivity index (χ4v) is 6.12. The van der Waals surface area contributed by atoms with Crippen molar-refractivity contribution in [2.75, 3.05) is 11.1 Å². The Balaban J connectivity index is 1.42. The van der Waals surface area contributed by atoms with Crippen molar-refractivity contribution >= 4 is 57.4 Å². The van der Waals surface area contributed by atoms with Gasteiger partial charge in [0.1, 0.15) is 33.6 Å². The van der Waals surface area contributed by atoms with Crippen molar-refractivity contribution in [2.45, 2.75) is 39.2 Å². The summed E-state index contributed by atoms with van der Waals surface area (Å²) in [7, 11) is 0. The van der Waals surface area contributed by atoms with Crippen LogP contribution in [-0.2, 0) is 28.0 Å². The number of rotatable bonds is 7. The number of carbonyl (C=O) groups excluding carboxylic acids is 1. The lowest BCUT2D eigenvalue weighted by atomic mass is 9.85. The van der Waals surface area contributed by atoms with Crippen LogP contribution in [0, 0.1) is 11.2 Å². The van der Waals surface area contributed by atoms with Crippen molar-refractivity contribution in [3.8, 4) is 11.5 Å². The van der Waals surface area contributed by atoms with E-state index < -0.39 is 22.6 Å². The minimum Gasteiger partial charge on any atom is -0.481 e. The van der Waals surface area contributed by atoms with Crippen molar-refractivity contribution in [3.05, 3.63) is 74.7 Å². The monoisotopic (exact) mass is 606 g/mol. The van der Waals surface area contributed by atoms with Crippen molar-refractivity contribution < 1.29 is 19.1 Å². The van der Waals surface area contributed by atoms with E-state index in [1.165, 1.54) is 29.7 Å². The summed E-state index contributed by atoms with van der Waals surface area (Å²) < 4.78 is 16.0. The first-order valence-corrected chi connectivity index (χ1v) is 14.1. The van der Waals surface area contributed by atoms with E-state index in [0.29, 0.717) is 37.9 Å². The van der Waals surface area contributed by atoms with Crippen LogP contribution in [0.3, 0.4) is 0 Å². The van der Waals surface area contributed by atoms with Crippen molar-refractivity contribution in [1.82, 2.24) is 29.7 Å². The largest absolute Gasteiger partial charge is 0.481 e. The van der Waals surface area contributed by atoms with Crippen molar-refractivity contribution in [2.24, 2.45) is 5.41 Å². The molecule has 5 heterocycles. The first kappa shape index (κ1) is 27.7. The van der Waals surface area contributed by atoms with Gasteiger partial charge in [-0.05, 0) is 51.1 Å². The van der Waals surface area contributed by atoms with Crippen molar-refractivity contribution in [3.63, 3.8) is 0 Å². The van der Waals surface area contributed by atoms with Gasteiger partial charge in [-0.15, -0.1) is 11.3 Å². The third-order valence-corrected chi connectivity index (χ3v) is 8.71. The molecular formula is C28H24ClFN8O3S. The quantitative estimate of drug-likeness (QED) is 0.239. The summed E-state index contributed by atoms with van der Waals surface area (Å²) in [5.74, 6) is -1.36. The molecule has 214 valence electrons. The van der Waals surface area contributed by atoms with Gasteiger partial charge in [-0.2, -0.15) is 5.10 Å². The van der Waals surface area contributed by atoms with E-state index >= 15 is 0 Å². The summed E-state index contributed by atoms with van der Waals surface area (Å²) in [4.78, 5) is 42.9. The fourth-order valence-electron chi connectivity index (χ4n) is 4.97. The van der Waals surface area contributed by atoms with Crippen LogP contribution < -0.4 is 11.1 Å². The smallest absolute Gasteiger partial charge is 0.309 e. The van der Waals surface area contributed by atoms with Crippen LogP contribution in [0.1, 0.15) is 42.7 Å². The van der Waals surface area contributed by atoms with Gasteiger partial charge >= 0.3 is 5.97 Å². The van der Waals surface area contributed by atoms with E-state index in [1.54, 1.807) is 49.0 Å². The van der Waals surface area contributed by atoms with E-state index in [9.17, 15) is 19.1 Å². The number of hydrogen-bond donors (Lipinski definition) is 3. The molecule has 6 rings (SSSR count). The number of amides is 1. The number of aromatic nitrogens is 6. The second-order valence-electron chi connectivity index (χ2n) is 10.8. The molecular weight excluding hydrogens is 583 g/mol. The number of halogens is 2. The van der Waals surface area contributed by atoms with E-state index in [1.807, 2.05) is 0 Å². The molecule has 1 atom stereocenters. The van der Waals surface area contributed by atoms with Gasteiger partial charge in [0.05, 0.1) is 34.4 Å². The highest BCUT2D eigenvalue weighted by Gasteiger charge is 2.50. The highest BCUT2D eigenvalue weighted by molar-refractivity contribution is 7.10. The molecule has 5 aromatic rings. The first-order chi connectivity index (χ1) is 19.9. The maximum absolute atomic E-state index is 14.4. The maximum atomic E-state index is 14.4. The zero-order valence-electron chi connectivity index (χ0n) is 22.6. The molecule has 14 heteroatoms. The number of benzene rings is 1. The van der Waals surface area contributed by atoms with Crippen LogP contribution in [-0.4, -0.2) is 46.7 Å². The van der Waals surface area contributed by atoms with Crippen LogP contribution in [0.25, 0.3) is 22.4 Å². The van der Waals surface area contributed by atoms with Gasteiger partial charge in [0.2, 0.25) is 5.91 Å². The Kier molecular flexibility index (Phi) is 6.46. The molecule has 11 nitrogen and oxygen atoms in total. The number of hydrogen-bond acceptors (Lipinski definition) is 9. The van der Waals surface area contributed by atoms with Crippen LogP contribution in [0.15, 0.2) is 41.9 Å². The molecule has 1 amide bonds. The summed E-state index contributed by atoms with van der Waals surface area (Å²) in [6.07, 6.45) is 1.69. The van der Waals surface area contributed by atoms with E-state index in [2.05, 4.69) is 30.4 Å². The molecule has 0 aliphatic carbocycles. The average Bonchev–Trinajstić information content (AvgIpc) is 3.60. The van der Waals surface area contributed by atoms with Gasteiger partial charge < -0.3 is 16.2 Å². The zero-order chi connectivity index (χ0) is 30.0. The summed E-state index contributed by atoms with van der Waals surface area (Å²) in [6.45, 7) is 4.95. The molecule has 0 saturated carbocycles. The Hall–Kier alpha value is -4.49. The normalized spacial score (nSPS) is 16.5. The van der Waals surface area contributed by atoms with Gasteiger partial charge in [-0.1, -0.05) is 11.6 Å². The second kappa shape index (κ2) is 9.81. The van der Waals surface area contributed by atoms with Crippen LogP contribution in [0.2, 0.25) is 5.02 Å². The number of carbonyl (C=O) groups is 2. The molecule has 1 aromatic carbocycles. The van der Waals surface area contributed by atoms with E-state index in [0.717, 1.165) is 0 Å². The lowest BCUT2D eigenvalue weighted by Crippen LogP contribution is -2.33. The Morgan fingerprint density at radius 3 is 2.79 bits per heavy atom. The van der Waals surface area contributed by atoms with Crippen LogP contribution >= 0.6 is 22.9 Å². The number of nitrogens with zero attached hydrogens (tertiary/aromatic N) is 6. The molecule has 4 N–H and O–H groups in total. The predicted octanol–water partition coefficient (Wildman–Crippen LogP) is 4.68. The highest BCUT2D eigenvalue weighted by Crippen LogP contribution is 2.46. The Morgan fingerprint density at radius 2 is 2.05 bits per heavy atom. The van der Waals surface area contributed by atoms with Gasteiger partial charge in [0.15, 0.2) is 5.82 Å². The number of thiazole rings is 1. The minimum atomic E-state index is -1.29. The van der Waals surface area contributed by atoms with Crippen LogP contribution in [0.4, 0.5) is 16.0 Å².